The van der Waals surface area contributed by atoms with Crippen molar-refractivity contribution in [3.8, 4) is 0 Å². The molecule has 0 heterocycles. The van der Waals surface area contributed by atoms with E-state index >= 15 is 0 Å². The smallest absolute Gasteiger partial charge is 0.306 e. The molecule has 6 nitrogen and oxygen atoms in total. The van der Waals surface area contributed by atoms with Crippen LogP contribution in [-0.4, -0.2) is 46.9 Å². The minimum Gasteiger partial charge on any atom is -0.462 e. The van der Waals surface area contributed by atoms with Crippen LogP contribution in [-0.2, 0) is 14.3 Å². The van der Waals surface area contributed by atoms with Crippen LogP contribution in [0, 0.1) is 0 Å². The molecule has 0 bridgehead atoms. The summed E-state index contributed by atoms with van der Waals surface area (Å²) in [6, 6.07) is -0.716. The van der Waals surface area contributed by atoms with Crippen LogP contribution in [0.2, 0.25) is 0 Å². The predicted octanol–water partition coefficient (Wildman–Crippen LogP) is 17.2. The second-order valence-corrected chi connectivity index (χ2v) is 19.1. The van der Waals surface area contributed by atoms with Crippen molar-refractivity contribution in [1.82, 2.24) is 5.32 Å². The number of hydrogen-bond acceptors (Lipinski definition) is 5. The van der Waals surface area contributed by atoms with E-state index in [1.54, 1.807) is 0 Å². The zero-order valence-electron chi connectivity index (χ0n) is 43.1. The monoisotopic (exact) mass is 910 g/mol. The van der Waals surface area contributed by atoms with Crippen LogP contribution < -0.4 is 5.32 Å². The molecule has 0 aromatic carbocycles. The standard InChI is InChI=1S/C59H107NO5/c1-4-7-10-13-16-19-22-25-27-29-30-32-34-37-40-43-46-49-52-59(64)65-55(50-47-44-41-38-35-24-21-18-15-12-9-6-3)53-58(63)60-56(54-61)57(62)51-48-45-42-39-36-33-31-28-26-23-20-17-14-11-8-5-2/h16,19,22,25,27,29-30,32,38,41,55-57,61-62H,4-15,17-18,20-21,23-24,26,28,31,33-37,39-40,42-54H2,1-3H3,(H,60,63)/b19-16+,25-22+,29-27+,32-30+,41-38-. The van der Waals surface area contributed by atoms with E-state index in [0.29, 0.717) is 19.3 Å². The highest BCUT2D eigenvalue weighted by Crippen LogP contribution is 2.17. The summed E-state index contributed by atoms with van der Waals surface area (Å²) < 4.78 is 5.92. The molecule has 0 aliphatic rings. The first kappa shape index (κ1) is 62.6. The molecular formula is C59H107NO5. The van der Waals surface area contributed by atoms with Gasteiger partial charge in [-0.1, -0.05) is 255 Å². The molecule has 0 rings (SSSR count). The summed E-state index contributed by atoms with van der Waals surface area (Å²) in [5.74, 6) is -0.524. The van der Waals surface area contributed by atoms with Crippen LogP contribution >= 0.6 is 0 Å². The van der Waals surface area contributed by atoms with E-state index < -0.39 is 18.2 Å². The molecule has 65 heavy (non-hydrogen) atoms. The Hall–Kier alpha value is -2.44. The molecular weight excluding hydrogens is 803 g/mol. The average Bonchev–Trinajstić information content (AvgIpc) is 3.30. The maximum absolute atomic E-state index is 13.2. The van der Waals surface area contributed by atoms with Crippen molar-refractivity contribution < 1.29 is 24.5 Å². The number of carbonyl (C=O) groups is 2. The van der Waals surface area contributed by atoms with Gasteiger partial charge in [-0.3, -0.25) is 9.59 Å². The van der Waals surface area contributed by atoms with Crippen LogP contribution in [0.25, 0.3) is 0 Å². The van der Waals surface area contributed by atoms with Crippen LogP contribution in [0.1, 0.15) is 278 Å². The number of hydrogen-bond donors (Lipinski definition) is 3. The second kappa shape index (κ2) is 52.5. The minimum atomic E-state index is -0.800. The molecule has 3 unspecified atom stereocenters. The zero-order valence-corrected chi connectivity index (χ0v) is 43.1. The van der Waals surface area contributed by atoms with Gasteiger partial charge in [0, 0.05) is 6.42 Å². The van der Waals surface area contributed by atoms with E-state index in [1.807, 2.05) is 0 Å². The summed E-state index contributed by atoms with van der Waals surface area (Å²) in [5, 5.41) is 23.8. The van der Waals surface area contributed by atoms with Gasteiger partial charge in [0.15, 0.2) is 0 Å². The lowest BCUT2D eigenvalue weighted by atomic mass is 10.0. The van der Waals surface area contributed by atoms with Gasteiger partial charge in [-0.15, -0.1) is 0 Å². The quantitative estimate of drug-likeness (QED) is 0.0245. The fourth-order valence-corrected chi connectivity index (χ4v) is 8.38. The molecule has 3 atom stereocenters. The van der Waals surface area contributed by atoms with Crippen molar-refractivity contribution in [2.75, 3.05) is 6.61 Å². The van der Waals surface area contributed by atoms with Gasteiger partial charge >= 0.3 is 5.97 Å². The van der Waals surface area contributed by atoms with Gasteiger partial charge in [-0.2, -0.15) is 0 Å². The van der Waals surface area contributed by atoms with Gasteiger partial charge in [0.25, 0.3) is 0 Å². The van der Waals surface area contributed by atoms with E-state index in [-0.39, 0.29) is 24.9 Å². The lowest BCUT2D eigenvalue weighted by molar-refractivity contribution is -0.151. The summed E-state index contributed by atoms with van der Waals surface area (Å²) in [4.78, 5) is 26.2. The normalized spacial score (nSPS) is 13.6. The molecule has 1 amide bonds. The van der Waals surface area contributed by atoms with Gasteiger partial charge in [0.2, 0.25) is 5.91 Å². The first-order chi connectivity index (χ1) is 32.0. The van der Waals surface area contributed by atoms with Crippen molar-refractivity contribution in [1.29, 1.82) is 0 Å². The summed E-state index contributed by atoms with van der Waals surface area (Å²) in [6.07, 6.45) is 65.7. The lowest BCUT2D eigenvalue weighted by Gasteiger charge is -2.24. The largest absolute Gasteiger partial charge is 0.462 e. The average molecular weight is 911 g/mol. The third kappa shape index (κ3) is 47.8. The Balaban J connectivity index is 4.57. The predicted molar refractivity (Wildman–Crippen MR) is 282 cm³/mol. The Morgan fingerprint density at radius 1 is 0.446 bits per heavy atom. The topological polar surface area (TPSA) is 95.9 Å². The maximum Gasteiger partial charge on any atom is 0.306 e. The fraction of sp³-hybridized carbons (Fsp3) is 0.797. The molecule has 6 heteroatoms. The van der Waals surface area contributed by atoms with Crippen molar-refractivity contribution in [2.24, 2.45) is 0 Å². The Morgan fingerprint density at radius 2 is 0.815 bits per heavy atom. The molecule has 3 N–H and O–H groups in total. The molecule has 0 aromatic rings. The lowest BCUT2D eigenvalue weighted by Crippen LogP contribution is -2.46. The number of aliphatic hydroxyl groups is 2. The van der Waals surface area contributed by atoms with Crippen LogP contribution in [0.5, 0.6) is 0 Å². The number of nitrogens with one attached hydrogen (secondary N) is 1. The Morgan fingerprint density at radius 3 is 1.29 bits per heavy atom. The molecule has 0 fully saturated rings. The second-order valence-electron chi connectivity index (χ2n) is 19.1. The molecule has 0 saturated carbocycles. The van der Waals surface area contributed by atoms with E-state index in [4.69, 9.17) is 4.74 Å². The van der Waals surface area contributed by atoms with Crippen LogP contribution in [0.3, 0.4) is 0 Å². The third-order valence-corrected chi connectivity index (χ3v) is 12.7. The third-order valence-electron chi connectivity index (χ3n) is 12.7. The number of amides is 1. The molecule has 0 aromatic heterocycles. The Kier molecular flexibility index (Phi) is 50.6. The maximum atomic E-state index is 13.2. The van der Waals surface area contributed by atoms with E-state index in [0.717, 1.165) is 83.5 Å². The number of unbranched alkanes of at least 4 members (excludes halogenated alkanes) is 31. The van der Waals surface area contributed by atoms with E-state index in [9.17, 15) is 19.8 Å². The van der Waals surface area contributed by atoms with Crippen molar-refractivity contribution in [3.05, 3.63) is 60.8 Å². The number of ether oxygens (including phenoxy) is 1. The Bertz CT molecular complexity index is 1160. The van der Waals surface area contributed by atoms with Gasteiger partial charge in [0.05, 0.1) is 25.2 Å². The summed E-state index contributed by atoms with van der Waals surface area (Å²) >= 11 is 0. The molecule has 0 saturated heterocycles. The first-order valence-electron chi connectivity index (χ1n) is 28.1. The van der Waals surface area contributed by atoms with Gasteiger partial charge < -0.3 is 20.3 Å². The summed E-state index contributed by atoms with van der Waals surface area (Å²) in [5.41, 5.74) is 0. The number of aliphatic hydroxyl groups excluding tert-OH is 2. The van der Waals surface area contributed by atoms with Crippen LogP contribution in [0.15, 0.2) is 60.8 Å². The molecule has 378 valence electrons. The highest BCUT2D eigenvalue weighted by molar-refractivity contribution is 5.77. The van der Waals surface area contributed by atoms with Crippen LogP contribution in [0.4, 0.5) is 0 Å². The van der Waals surface area contributed by atoms with Crippen molar-refractivity contribution in [2.45, 2.75) is 296 Å². The summed E-state index contributed by atoms with van der Waals surface area (Å²) in [7, 11) is 0. The minimum absolute atomic E-state index is 0.0465. The number of rotatable bonds is 50. The van der Waals surface area contributed by atoms with E-state index in [2.05, 4.69) is 86.8 Å². The van der Waals surface area contributed by atoms with Gasteiger partial charge in [-0.05, 0) is 70.6 Å². The number of allylic oxidation sites excluding steroid dienone is 10. The highest BCUT2D eigenvalue weighted by Gasteiger charge is 2.24. The highest BCUT2D eigenvalue weighted by atomic mass is 16.5. The van der Waals surface area contributed by atoms with Gasteiger partial charge in [0.1, 0.15) is 6.10 Å². The first-order valence-corrected chi connectivity index (χ1v) is 28.1. The number of carbonyl (C=O) groups excluding carboxylic acids is 2. The SMILES string of the molecule is CCCCC/C=C/C=C/C=C/C=C/CCCCCCCC(=O)OC(CCC/C=C\CCCCCCCCC)CC(=O)NC(CO)C(O)CCCCCCCCCCCCCCCCCC. The molecule has 0 aliphatic carbocycles. The van der Waals surface area contributed by atoms with Crippen molar-refractivity contribution in [3.63, 3.8) is 0 Å². The van der Waals surface area contributed by atoms with E-state index in [1.165, 1.54) is 148 Å². The number of esters is 1. The summed E-state index contributed by atoms with van der Waals surface area (Å²) in [6.45, 7) is 6.45. The van der Waals surface area contributed by atoms with Crippen molar-refractivity contribution >= 4 is 11.9 Å². The fourth-order valence-electron chi connectivity index (χ4n) is 8.38. The molecule has 0 radical (unpaired) electrons. The zero-order chi connectivity index (χ0) is 47.4. The molecule has 0 spiro atoms. The molecule has 0 aliphatic heterocycles. The van der Waals surface area contributed by atoms with Gasteiger partial charge in [-0.25, -0.2) is 0 Å². The Labute approximate surface area is 403 Å².